The van der Waals surface area contributed by atoms with Crippen molar-refractivity contribution in [1.29, 1.82) is 0 Å². The summed E-state index contributed by atoms with van der Waals surface area (Å²) in [5.74, 6) is 0. The standard InChI is InChI=1S/C22H46O4S.Na/c1-2-3-4-5-6-7-8-9-10-11-12-13-14-15-16-17-18-19-20-21-22-26-27(23,24)25;/h2-22H2,1H3,(H,23,24,25);. The molecular formula is C22H46NaO4S. The summed E-state index contributed by atoms with van der Waals surface area (Å²) in [5.41, 5.74) is 0. The Morgan fingerprint density at radius 1 is 0.536 bits per heavy atom. The average Bonchev–Trinajstić information content (AvgIpc) is 2.62. The van der Waals surface area contributed by atoms with Gasteiger partial charge in [-0.15, -0.1) is 0 Å². The molecule has 1 radical (unpaired) electrons. The number of rotatable bonds is 22. The fourth-order valence-electron chi connectivity index (χ4n) is 3.52. The van der Waals surface area contributed by atoms with Crippen LogP contribution in [0.4, 0.5) is 0 Å². The Labute approximate surface area is 198 Å². The largest absolute Gasteiger partial charge is 0.397 e. The van der Waals surface area contributed by atoms with Gasteiger partial charge in [0.05, 0.1) is 6.61 Å². The first kappa shape index (κ1) is 31.1. The maximum atomic E-state index is 10.4. The maximum absolute atomic E-state index is 10.4. The molecule has 0 amide bonds. The Bertz CT molecular complexity index is 388. The third kappa shape index (κ3) is 29.1. The first-order valence-electron chi connectivity index (χ1n) is 11.7. The smallest absolute Gasteiger partial charge is 0.264 e. The summed E-state index contributed by atoms with van der Waals surface area (Å²) in [4.78, 5) is 0. The summed E-state index contributed by atoms with van der Waals surface area (Å²) >= 11 is 0. The van der Waals surface area contributed by atoms with Gasteiger partial charge in [-0.1, -0.05) is 129 Å². The minimum atomic E-state index is -4.25. The van der Waals surface area contributed by atoms with Crippen LogP contribution in [0.3, 0.4) is 0 Å². The van der Waals surface area contributed by atoms with Gasteiger partial charge in [0.2, 0.25) is 0 Å². The molecule has 0 aliphatic heterocycles. The van der Waals surface area contributed by atoms with Crippen molar-refractivity contribution in [3.05, 3.63) is 0 Å². The van der Waals surface area contributed by atoms with Crippen LogP contribution >= 0.6 is 0 Å². The van der Waals surface area contributed by atoms with Crippen molar-refractivity contribution < 1.29 is 17.2 Å². The minimum absolute atomic E-state index is 0. The van der Waals surface area contributed by atoms with Gasteiger partial charge in [0, 0.05) is 29.6 Å². The summed E-state index contributed by atoms with van der Waals surface area (Å²) in [6.45, 7) is 2.37. The van der Waals surface area contributed by atoms with E-state index in [1.165, 1.54) is 109 Å². The van der Waals surface area contributed by atoms with Gasteiger partial charge in [0.25, 0.3) is 0 Å². The van der Waals surface area contributed by atoms with Gasteiger partial charge in [-0.25, -0.2) is 4.18 Å². The summed E-state index contributed by atoms with van der Waals surface area (Å²) in [6.07, 6.45) is 26.3. The Kier molecular flexibility index (Phi) is 26.8. The molecule has 6 heteroatoms. The molecule has 0 spiro atoms. The second kappa shape index (κ2) is 24.1. The molecule has 0 aliphatic carbocycles. The topological polar surface area (TPSA) is 63.6 Å². The van der Waals surface area contributed by atoms with Crippen LogP contribution in [-0.2, 0) is 14.6 Å². The van der Waals surface area contributed by atoms with Crippen molar-refractivity contribution in [2.75, 3.05) is 6.61 Å². The quantitative estimate of drug-likeness (QED) is 0.112. The van der Waals surface area contributed by atoms with E-state index in [4.69, 9.17) is 4.55 Å². The van der Waals surface area contributed by atoms with Crippen molar-refractivity contribution in [2.24, 2.45) is 0 Å². The predicted octanol–water partition coefficient (Wildman–Crippen LogP) is 7.25. The molecule has 0 aromatic carbocycles. The van der Waals surface area contributed by atoms with Gasteiger partial charge in [-0.2, -0.15) is 8.42 Å². The molecule has 0 heterocycles. The molecular weight excluding hydrogens is 383 g/mol. The van der Waals surface area contributed by atoms with Crippen molar-refractivity contribution in [2.45, 2.75) is 135 Å². The molecule has 0 bridgehead atoms. The molecule has 0 aromatic heterocycles. The van der Waals surface area contributed by atoms with Crippen LogP contribution in [0, 0.1) is 0 Å². The second-order valence-corrected chi connectivity index (χ2v) is 9.06. The van der Waals surface area contributed by atoms with Gasteiger partial charge in [-0.3, -0.25) is 4.55 Å². The van der Waals surface area contributed by atoms with Crippen molar-refractivity contribution >= 4 is 40.0 Å². The zero-order chi connectivity index (χ0) is 20.1. The number of hydrogen-bond acceptors (Lipinski definition) is 3. The first-order chi connectivity index (χ1) is 13.1. The molecule has 0 aliphatic rings. The fourth-order valence-corrected chi connectivity index (χ4v) is 3.85. The molecule has 0 saturated carbocycles. The van der Waals surface area contributed by atoms with Crippen molar-refractivity contribution in [3.8, 4) is 0 Å². The predicted molar refractivity (Wildman–Crippen MR) is 121 cm³/mol. The summed E-state index contributed by atoms with van der Waals surface area (Å²) in [5, 5.41) is 0. The maximum Gasteiger partial charge on any atom is 0.397 e. The van der Waals surface area contributed by atoms with E-state index in [9.17, 15) is 8.42 Å². The number of hydrogen-bond donors (Lipinski definition) is 1. The SMILES string of the molecule is CCCCCCCCCCCCCCCCCCCCCCOS(=O)(=O)O.[Na]. The summed E-state index contributed by atoms with van der Waals surface area (Å²) < 4.78 is 33.5. The van der Waals surface area contributed by atoms with E-state index in [1.54, 1.807) is 0 Å². The molecule has 4 nitrogen and oxygen atoms in total. The van der Waals surface area contributed by atoms with Gasteiger partial charge in [0.1, 0.15) is 0 Å². The van der Waals surface area contributed by atoms with Gasteiger partial charge >= 0.3 is 10.4 Å². The van der Waals surface area contributed by atoms with Crippen LogP contribution in [0.1, 0.15) is 135 Å². The molecule has 0 rings (SSSR count). The molecule has 0 fully saturated rings. The molecule has 0 atom stereocenters. The molecule has 28 heavy (non-hydrogen) atoms. The van der Waals surface area contributed by atoms with Crippen molar-refractivity contribution in [3.63, 3.8) is 0 Å². The van der Waals surface area contributed by atoms with Crippen LogP contribution in [0.25, 0.3) is 0 Å². The average molecular weight is 430 g/mol. The van der Waals surface area contributed by atoms with E-state index in [2.05, 4.69) is 11.1 Å². The van der Waals surface area contributed by atoms with E-state index in [0.29, 0.717) is 6.42 Å². The van der Waals surface area contributed by atoms with Crippen molar-refractivity contribution in [1.82, 2.24) is 0 Å². The Morgan fingerprint density at radius 3 is 1.04 bits per heavy atom. The van der Waals surface area contributed by atoms with E-state index in [0.717, 1.165) is 12.8 Å². The Morgan fingerprint density at radius 2 is 0.786 bits per heavy atom. The second-order valence-electron chi connectivity index (χ2n) is 7.97. The van der Waals surface area contributed by atoms with Gasteiger partial charge in [-0.05, 0) is 6.42 Å². The van der Waals surface area contributed by atoms with E-state index in [-0.39, 0.29) is 36.2 Å². The van der Waals surface area contributed by atoms with E-state index >= 15 is 0 Å². The van der Waals surface area contributed by atoms with Gasteiger partial charge < -0.3 is 0 Å². The van der Waals surface area contributed by atoms with E-state index in [1.807, 2.05) is 0 Å². The molecule has 0 saturated heterocycles. The van der Waals surface area contributed by atoms with Crippen LogP contribution in [-0.4, -0.2) is 49.1 Å². The van der Waals surface area contributed by atoms with Crippen LogP contribution in [0.15, 0.2) is 0 Å². The molecule has 165 valence electrons. The Hall–Kier alpha value is 0.870. The molecule has 1 N–H and O–H groups in total. The zero-order valence-electron chi connectivity index (χ0n) is 18.9. The zero-order valence-corrected chi connectivity index (χ0v) is 21.7. The van der Waals surface area contributed by atoms with Gasteiger partial charge in [0.15, 0.2) is 0 Å². The molecule has 0 unspecified atom stereocenters. The summed E-state index contributed by atoms with van der Waals surface area (Å²) in [6, 6.07) is 0. The third-order valence-corrected chi connectivity index (χ3v) is 5.69. The Balaban J connectivity index is 0. The van der Waals surface area contributed by atoms with Crippen LogP contribution < -0.4 is 0 Å². The minimum Gasteiger partial charge on any atom is -0.264 e. The number of unbranched alkanes of at least 4 members (excludes halogenated alkanes) is 19. The first-order valence-corrected chi connectivity index (χ1v) is 13.0. The molecule has 0 aromatic rings. The normalized spacial score (nSPS) is 11.5. The summed E-state index contributed by atoms with van der Waals surface area (Å²) in [7, 11) is -4.25. The van der Waals surface area contributed by atoms with Crippen LogP contribution in [0.2, 0.25) is 0 Å². The fraction of sp³-hybridized carbons (Fsp3) is 1.00. The van der Waals surface area contributed by atoms with E-state index < -0.39 is 10.4 Å². The monoisotopic (exact) mass is 429 g/mol. The third-order valence-electron chi connectivity index (χ3n) is 5.23. The van der Waals surface area contributed by atoms with Crippen LogP contribution in [0.5, 0.6) is 0 Å².